The summed E-state index contributed by atoms with van der Waals surface area (Å²) in [6, 6.07) is 3.71. The van der Waals surface area contributed by atoms with E-state index in [0.717, 1.165) is 5.56 Å². The van der Waals surface area contributed by atoms with E-state index in [1.54, 1.807) is 35.2 Å². The SMILES string of the molecule is CC(c1ccncc1)N(C)C(=O)c1cn(CCN)nn1. The molecule has 0 aliphatic rings. The van der Waals surface area contributed by atoms with Crippen molar-refractivity contribution in [2.24, 2.45) is 5.73 Å². The molecule has 1 amide bonds. The van der Waals surface area contributed by atoms with Gasteiger partial charge in [-0.25, -0.2) is 0 Å². The summed E-state index contributed by atoms with van der Waals surface area (Å²) in [7, 11) is 1.75. The lowest BCUT2D eigenvalue weighted by molar-refractivity contribution is 0.0736. The molecule has 0 aromatic carbocycles. The van der Waals surface area contributed by atoms with Gasteiger partial charge in [0, 0.05) is 26.0 Å². The van der Waals surface area contributed by atoms with Gasteiger partial charge in [0.2, 0.25) is 0 Å². The molecule has 0 aliphatic carbocycles. The second-order valence-electron chi connectivity index (χ2n) is 4.53. The van der Waals surface area contributed by atoms with E-state index in [2.05, 4.69) is 15.3 Å². The lowest BCUT2D eigenvalue weighted by Gasteiger charge is -2.24. The first kappa shape index (κ1) is 14.1. The number of hydrogen-bond donors (Lipinski definition) is 1. The lowest BCUT2D eigenvalue weighted by Crippen LogP contribution is -2.30. The van der Waals surface area contributed by atoms with Crippen molar-refractivity contribution in [1.29, 1.82) is 0 Å². The van der Waals surface area contributed by atoms with Crippen molar-refractivity contribution in [3.8, 4) is 0 Å². The van der Waals surface area contributed by atoms with E-state index >= 15 is 0 Å². The summed E-state index contributed by atoms with van der Waals surface area (Å²) in [4.78, 5) is 17.9. The summed E-state index contributed by atoms with van der Waals surface area (Å²) >= 11 is 0. The molecule has 0 fully saturated rings. The average Bonchev–Trinajstić information content (AvgIpc) is 2.95. The number of carbonyl (C=O) groups is 1. The second-order valence-corrected chi connectivity index (χ2v) is 4.53. The molecule has 1 atom stereocenters. The predicted octanol–water partition coefficient (Wildman–Crippen LogP) is 0.465. The number of carbonyl (C=O) groups excluding carboxylic acids is 1. The summed E-state index contributed by atoms with van der Waals surface area (Å²) in [6.45, 7) is 2.96. The number of amides is 1. The molecule has 2 aromatic heterocycles. The van der Waals surface area contributed by atoms with E-state index in [1.807, 2.05) is 19.1 Å². The van der Waals surface area contributed by atoms with Crippen LogP contribution in [0.15, 0.2) is 30.7 Å². The Morgan fingerprint density at radius 2 is 2.15 bits per heavy atom. The Bertz CT molecular complexity index is 567. The molecular formula is C13H18N6O. The number of hydrogen-bond acceptors (Lipinski definition) is 5. The van der Waals surface area contributed by atoms with Crippen LogP contribution in [-0.4, -0.2) is 44.4 Å². The molecule has 0 radical (unpaired) electrons. The van der Waals surface area contributed by atoms with Crippen LogP contribution in [0.1, 0.15) is 29.0 Å². The molecule has 2 rings (SSSR count). The van der Waals surface area contributed by atoms with Gasteiger partial charge in [-0.3, -0.25) is 14.5 Å². The molecule has 2 aromatic rings. The molecule has 20 heavy (non-hydrogen) atoms. The summed E-state index contributed by atoms with van der Waals surface area (Å²) in [5.74, 6) is -0.169. The quantitative estimate of drug-likeness (QED) is 0.855. The van der Waals surface area contributed by atoms with E-state index in [1.165, 1.54) is 0 Å². The van der Waals surface area contributed by atoms with Crippen molar-refractivity contribution in [2.45, 2.75) is 19.5 Å². The highest BCUT2D eigenvalue weighted by Gasteiger charge is 2.21. The summed E-state index contributed by atoms with van der Waals surface area (Å²) in [5.41, 5.74) is 6.78. The molecule has 0 saturated carbocycles. The first-order chi connectivity index (χ1) is 9.63. The van der Waals surface area contributed by atoms with E-state index < -0.39 is 0 Å². The molecule has 0 saturated heterocycles. The van der Waals surface area contributed by atoms with Crippen molar-refractivity contribution in [2.75, 3.05) is 13.6 Å². The van der Waals surface area contributed by atoms with E-state index in [0.29, 0.717) is 18.8 Å². The van der Waals surface area contributed by atoms with Crippen molar-refractivity contribution >= 4 is 5.91 Å². The van der Waals surface area contributed by atoms with Gasteiger partial charge >= 0.3 is 0 Å². The first-order valence-corrected chi connectivity index (χ1v) is 6.40. The maximum absolute atomic E-state index is 12.3. The largest absolute Gasteiger partial charge is 0.334 e. The third kappa shape index (κ3) is 3.00. The van der Waals surface area contributed by atoms with Crippen LogP contribution in [0.25, 0.3) is 0 Å². The van der Waals surface area contributed by atoms with Gasteiger partial charge in [0.15, 0.2) is 5.69 Å². The Morgan fingerprint density at radius 3 is 2.80 bits per heavy atom. The van der Waals surface area contributed by atoms with Crippen LogP contribution in [0, 0.1) is 0 Å². The Balaban J connectivity index is 2.11. The summed E-state index contributed by atoms with van der Waals surface area (Å²) in [6.07, 6.45) is 5.04. The lowest BCUT2D eigenvalue weighted by atomic mass is 10.1. The van der Waals surface area contributed by atoms with Gasteiger partial charge in [0.05, 0.1) is 18.8 Å². The van der Waals surface area contributed by atoms with Crippen molar-refractivity contribution < 1.29 is 4.79 Å². The van der Waals surface area contributed by atoms with E-state index in [-0.39, 0.29) is 11.9 Å². The number of nitrogens with two attached hydrogens (primary N) is 1. The molecular weight excluding hydrogens is 256 g/mol. The summed E-state index contributed by atoms with van der Waals surface area (Å²) < 4.78 is 1.57. The van der Waals surface area contributed by atoms with Gasteiger partial charge in [0.25, 0.3) is 5.91 Å². The number of nitrogens with zero attached hydrogens (tertiary/aromatic N) is 5. The molecule has 7 nitrogen and oxygen atoms in total. The average molecular weight is 274 g/mol. The Labute approximate surface area is 117 Å². The molecule has 7 heteroatoms. The van der Waals surface area contributed by atoms with Gasteiger partial charge in [-0.05, 0) is 24.6 Å². The van der Waals surface area contributed by atoms with Crippen LogP contribution < -0.4 is 5.73 Å². The third-order valence-electron chi connectivity index (χ3n) is 3.21. The zero-order valence-electron chi connectivity index (χ0n) is 11.6. The van der Waals surface area contributed by atoms with E-state index in [4.69, 9.17) is 5.73 Å². The zero-order valence-corrected chi connectivity index (χ0v) is 11.6. The first-order valence-electron chi connectivity index (χ1n) is 6.40. The molecule has 106 valence electrons. The van der Waals surface area contributed by atoms with Gasteiger partial charge in [-0.15, -0.1) is 5.10 Å². The molecule has 0 spiro atoms. The number of aromatic nitrogens is 4. The van der Waals surface area contributed by atoms with Gasteiger partial charge in [-0.2, -0.15) is 0 Å². The van der Waals surface area contributed by atoms with Crippen molar-refractivity contribution in [1.82, 2.24) is 24.9 Å². The predicted molar refractivity (Wildman–Crippen MR) is 73.8 cm³/mol. The maximum Gasteiger partial charge on any atom is 0.276 e. The van der Waals surface area contributed by atoms with Crippen molar-refractivity contribution in [3.05, 3.63) is 42.0 Å². The highest BCUT2D eigenvalue weighted by Crippen LogP contribution is 2.19. The number of pyridine rings is 1. The molecule has 2 N–H and O–H groups in total. The van der Waals surface area contributed by atoms with Gasteiger partial charge in [-0.1, -0.05) is 5.21 Å². The van der Waals surface area contributed by atoms with Crippen LogP contribution in [0.2, 0.25) is 0 Å². The fraction of sp³-hybridized carbons (Fsp3) is 0.385. The monoisotopic (exact) mass is 274 g/mol. The highest BCUT2D eigenvalue weighted by molar-refractivity contribution is 5.92. The van der Waals surface area contributed by atoms with Crippen LogP contribution >= 0.6 is 0 Å². The maximum atomic E-state index is 12.3. The molecule has 0 bridgehead atoms. The molecule has 1 unspecified atom stereocenters. The minimum Gasteiger partial charge on any atom is -0.334 e. The van der Waals surface area contributed by atoms with Crippen LogP contribution in [0.4, 0.5) is 0 Å². The minimum atomic E-state index is -0.169. The minimum absolute atomic E-state index is 0.0647. The van der Waals surface area contributed by atoms with Crippen LogP contribution in [0.3, 0.4) is 0 Å². The Morgan fingerprint density at radius 1 is 1.45 bits per heavy atom. The molecule has 2 heterocycles. The Kier molecular flexibility index (Phi) is 4.41. The van der Waals surface area contributed by atoms with E-state index in [9.17, 15) is 4.79 Å². The summed E-state index contributed by atoms with van der Waals surface area (Å²) in [5, 5.41) is 7.76. The normalized spacial score (nSPS) is 12.2. The second kappa shape index (κ2) is 6.25. The smallest absolute Gasteiger partial charge is 0.276 e. The fourth-order valence-electron chi connectivity index (χ4n) is 1.86. The Hall–Kier alpha value is -2.28. The molecule has 0 aliphatic heterocycles. The van der Waals surface area contributed by atoms with Crippen molar-refractivity contribution in [3.63, 3.8) is 0 Å². The van der Waals surface area contributed by atoms with Crippen LogP contribution in [-0.2, 0) is 6.54 Å². The number of rotatable bonds is 5. The van der Waals surface area contributed by atoms with Crippen LogP contribution in [0.5, 0.6) is 0 Å². The fourth-order valence-corrected chi connectivity index (χ4v) is 1.86. The van der Waals surface area contributed by atoms with Gasteiger partial charge in [0.1, 0.15) is 0 Å². The topological polar surface area (TPSA) is 89.9 Å². The highest BCUT2D eigenvalue weighted by atomic mass is 16.2. The van der Waals surface area contributed by atoms with Gasteiger partial charge < -0.3 is 10.6 Å². The standard InChI is InChI=1S/C13H18N6O/c1-10(11-3-6-15-7-4-11)18(2)13(20)12-9-19(8-5-14)17-16-12/h3-4,6-7,9-10H,5,8,14H2,1-2H3. The zero-order chi connectivity index (χ0) is 14.5. The third-order valence-corrected chi connectivity index (χ3v) is 3.21.